The Kier molecular flexibility index (Phi) is 10.9. The van der Waals surface area contributed by atoms with Gasteiger partial charge >= 0.3 is 0 Å². The van der Waals surface area contributed by atoms with Crippen LogP contribution in [0.25, 0.3) is 11.3 Å². The number of fused-ring (bicyclic) bond motifs is 1. The number of rotatable bonds is 8. The van der Waals surface area contributed by atoms with E-state index in [1.165, 1.54) is 22.6 Å². The molecule has 1 unspecified atom stereocenters. The lowest BCUT2D eigenvalue weighted by molar-refractivity contribution is 0.0193. The molecule has 0 radical (unpaired) electrons. The van der Waals surface area contributed by atoms with Crippen molar-refractivity contribution in [3.8, 4) is 22.8 Å². The highest BCUT2D eigenvalue weighted by Gasteiger charge is 2.35. The van der Waals surface area contributed by atoms with E-state index in [2.05, 4.69) is 28.2 Å². The summed E-state index contributed by atoms with van der Waals surface area (Å²) in [7, 11) is 5.25. The summed E-state index contributed by atoms with van der Waals surface area (Å²) in [6.07, 6.45) is 2.41. The number of anilines is 1. The van der Waals surface area contributed by atoms with Crippen LogP contribution in [0.4, 0.5) is 10.1 Å². The van der Waals surface area contributed by atoms with Gasteiger partial charge in [-0.05, 0) is 60.9 Å². The van der Waals surface area contributed by atoms with Crippen LogP contribution in [0.15, 0.2) is 71.8 Å². The van der Waals surface area contributed by atoms with E-state index in [1.807, 2.05) is 41.6 Å². The van der Waals surface area contributed by atoms with Gasteiger partial charge in [0.25, 0.3) is 11.8 Å². The number of carbonyl (C=O) groups excluding carboxylic acids is 2. The van der Waals surface area contributed by atoms with Gasteiger partial charge in [0, 0.05) is 86.8 Å². The summed E-state index contributed by atoms with van der Waals surface area (Å²) in [6.45, 7) is 6.49. The minimum absolute atomic E-state index is 0. The van der Waals surface area contributed by atoms with Gasteiger partial charge in [0.15, 0.2) is 11.6 Å². The first kappa shape index (κ1) is 36.9. The van der Waals surface area contributed by atoms with Gasteiger partial charge < -0.3 is 24.0 Å². The van der Waals surface area contributed by atoms with Gasteiger partial charge in [-0.2, -0.15) is 5.10 Å². The second-order valence-electron chi connectivity index (χ2n) is 13.5. The molecule has 4 aromatic rings. The predicted octanol–water partition coefficient (Wildman–Crippen LogP) is 5.12. The molecular weight excluding hydrogens is 687 g/mol. The summed E-state index contributed by atoms with van der Waals surface area (Å²) < 4.78 is 27.8. The van der Waals surface area contributed by atoms with Crippen LogP contribution >= 0.6 is 12.4 Å². The van der Waals surface area contributed by atoms with Crippen molar-refractivity contribution in [2.75, 3.05) is 58.5 Å². The molecule has 1 N–H and O–H groups in total. The number of morpholine rings is 1. The van der Waals surface area contributed by atoms with E-state index in [0.717, 1.165) is 37.7 Å². The zero-order chi connectivity index (χ0) is 35.8. The highest BCUT2D eigenvalue weighted by Crippen LogP contribution is 2.36. The highest BCUT2D eigenvalue weighted by molar-refractivity contribution is 6.11. The van der Waals surface area contributed by atoms with Crippen LogP contribution in [-0.4, -0.2) is 108 Å². The molecule has 0 spiro atoms. The average molecular weight is 731 g/mol. The summed E-state index contributed by atoms with van der Waals surface area (Å²) in [5.74, 6) is -1.21. The maximum absolute atomic E-state index is 14.8. The molecule has 0 aliphatic carbocycles. The summed E-state index contributed by atoms with van der Waals surface area (Å²) in [5.41, 5.74) is 5.54. The van der Waals surface area contributed by atoms with E-state index in [4.69, 9.17) is 9.47 Å². The lowest BCUT2D eigenvalue weighted by Gasteiger charge is -2.40. The zero-order valence-corrected chi connectivity index (χ0v) is 30.6. The largest absolute Gasteiger partial charge is 0.505 e. The minimum Gasteiger partial charge on any atom is -0.505 e. The average Bonchev–Trinajstić information content (AvgIpc) is 3.70. The number of aromatic hydroxyl groups is 1. The Hall–Kier alpha value is -4.91. The number of ether oxygens (including phenoxy) is 2. The van der Waals surface area contributed by atoms with E-state index >= 15 is 0 Å². The maximum atomic E-state index is 14.8. The quantitative estimate of drug-likeness (QED) is 0.269. The van der Waals surface area contributed by atoms with Crippen molar-refractivity contribution >= 4 is 36.1 Å². The Morgan fingerprint density at radius 3 is 2.46 bits per heavy atom. The van der Waals surface area contributed by atoms with Crippen LogP contribution in [-0.2, 0) is 24.8 Å². The van der Waals surface area contributed by atoms with Crippen LogP contribution in [0.1, 0.15) is 37.5 Å². The first-order valence-electron chi connectivity index (χ1n) is 17.2. The monoisotopic (exact) mass is 730 g/mol. The number of aromatic nitrogens is 1. The molecule has 3 aromatic carbocycles. The smallest absolute Gasteiger partial charge is 0.260 e. The van der Waals surface area contributed by atoms with Crippen molar-refractivity contribution in [3.63, 3.8) is 0 Å². The number of halogens is 2. The first-order valence-corrected chi connectivity index (χ1v) is 17.2. The summed E-state index contributed by atoms with van der Waals surface area (Å²) in [6, 6.07) is 18.9. The molecule has 7 rings (SSSR count). The summed E-state index contributed by atoms with van der Waals surface area (Å²) in [5, 5.41) is 15.9. The molecule has 1 saturated heterocycles. The van der Waals surface area contributed by atoms with E-state index in [9.17, 15) is 19.1 Å². The third-order valence-electron chi connectivity index (χ3n) is 10.3. The molecule has 3 aliphatic rings. The Morgan fingerprint density at radius 2 is 1.77 bits per heavy atom. The number of phenols is 1. The van der Waals surface area contributed by atoms with Crippen LogP contribution in [0, 0.1) is 12.7 Å². The number of carbonyl (C=O) groups is 2. The lowest BCUT2D eigenvalue weighted by atomic mass is 9.92. The van der Waals surface area contributed by atoms with Gasteiger partial charge in [0.1, 0.15) is 5.75 Å². The molecule has 3 aliphatic heterocycles. The maximum Gasteiger partial charge on any atom is 0.260 e. The van der Waals surface area contributed by atoms with E-state index in [0.29, 0.717) is 65.8 Å². The Morgan fingerprint density at radius 1 is 1.02 bits per heavy atom. The van der Waals surface area contributed by atoms with Crippen molar-refractivity contribution in [1.29, 1.82) is 0 Å². The first-order chi connectivity index (χ1) is 24.6. The van der Waals surface area contributed by atoms with Crippen molar-refractivity contribution in [2.45, 2.75) is 32.0 Å². The summed E-state index contributed by atoms with van der Waals surface area (Å²) >= 11 is 0. The van der Waals surface area contributed by atoms with Gasteiger partial charge in [0.05, 0.1) is 38.5 Å². The molecule has 1 aromatic heterocycles. The number of methoxy groups -OCH3 is 1. The fraction of sp³-hybridized carbons (Fsp3) is 0.359. The van der Waals surface area contributed by atoms with Crippen molar-refractivity contribution in [2.24, 2.45) is 12.1 Å². The Labute approximate surface area is 309 Å². The van der Waals surface area contributed by atoms with Crippen LogP contribution in [0.5, 0.6) is 11.5 Å². The molecule has 0 saturated carbocycles. The molecule has 11 nitrogen and oxygen atoms in total. The standard InChI is InChI=1S/C39H43FN6O5.ClH/c1-25-33(39(49)46(30-21-41-42(2)23-30)28-9-12-37(47)35(40)18-28)20-36(43(25)3)34-19-31(50-4)10-11-32(34)38(48)45-22-27-8-6-5-7-26(27)17-29(45)24-44-13-15-51-16-14-44;/h5-12,18-21,29-30,47H,13-17,22-24H2,1-4H3;1H/t29-,30?;/m0./s1. The van der Waals surface area contributed by atoms with Crippen LogP contribution < -0.4 is 9.64 Å². The fourth-order valence-electron chi connectivity index (χ4n) is 7.39. The van der Waals surface area contributed by atoms with Gasteiger partial charge in [0.2, 0.25) is 0 Å². The lowest BCUT2D eigenvalue weighted by Crippen LogP contribution is -2.52. The number of phenolic OH excluding ortho intramolecular Hbond substituents is 1. The van der Waals surface area contributed by atoms with Crippen LogP contribution in [0.2, 0.25) is 0 Å². The molecule has 2 amide bonds. The van der Waals surface area contributed by atoms with Crippen LogP contribution in [0.3, 0.4) is 0 Å². The van der Waals surface area contributed by atoms with Gasteiger partial charge in [-0.3, -0.25) is 24.4 Å². The number of hydrogen-bond donors (Lipinski definition) is 1. The third kappa shape index (κ3) is 7.10. The van der Waals surface area contributed by atoms with Crippen molar-refractivity contribution < 1.29 is 28.6 Å². The number of hydrogen-bond acceptors (Lipinski definition) is 8. The second-order valence-corrected chi connectivity index (χ2v) is 13.5. The molecule has 2 atom stereocenters. The van der Waals surface area contributed by atoms with Crippen molar-refractivity contribution in [1.82, 2.24) is 19.4 Å². The SMILES string of the molecule is COc1ccc(C(=O)N2Cc3ccccc3C[C@H]2CN2CCOCC2)c(-c2cc(C(=O)N(c3ccc(O)c(F)c3)C3C=NN(C)C3)c(C)n2C)c1.Cl. The number of likely N-dealkylation sites (N-methyl/N-ethyl adjacent to an activating group) is 1. The molecular formula is C39H44ClFN6O5. The fourth-order valence-corrected chi connectivity index (χ4v) is 7.39. The number of benzene rings is 3. The van der Waals surface area contributed by atoms with Gasteiger partial charge in [-0.25, -0.2) is 4.39 Å². The zero-order valence-electron chi connectivity index (χ0n) is 29.8. The van der Waals surface area contributed by atoms with Crippen molar-refractivity contribution in [3.05, 3.63) is 100 Å². The molecule has 274 valence electrons. The molecule has 0 bridgehead atoms. The number of amides is 2. The van der Waals surface area contributed by atoms with Gasteiger partial charge in [-0.15, -0.1) is 12.4 Å². The highest BCUT2D eigenvalue weighted by atomic mass is 35.5. The second kappa shape index (κ2) is 15.4. The summed E-state index contributed by atoms with van der Waals surface area (Å²) in [4.78, 5) is 35.2. The normalized spacial score (nSPS) is 18.6. The van der Waals surface area contributed by atoms with E-state index < -0.39 is 17.6 Å². The molecule has 13 heteroatoms. The topological polar surface area (TPSA) is 103 Å². The molecule has 52 heavy (non-hydrogen) atoms. The predicted molar refractivity (Wildman–Crippen MR) is 200 cm³/mol. The third-order valence-corrected chi connectivity index (χ3v) is 10.3. The Balaban J connectivity index is 0.00000464. The van der Waals surface area contributed by atoms with E-state index in [-0.39, 0.29) is 30.3 Å². The minimum atomic E-state index is -0.828. The van der Waals surface area contributed by atoms with E-state index in [1.54, 1.807) is 37.5 Å². The molecule has 4 heterocycles. The molecule has 1 fully saturated rings. The van der Waals surface area contributed by atoms with Gasteiger partial charge in [-0.1, -0.05) is 24.3 Å². The number of nitrogens with zero attached hydrogens (tertiary/aromatic N) is 6. The Bertz CT molecular complexity index is 2000. The number of hydrazone groups is 1.